The van der Waals surface area contributed by atoms with Crippen molar-refractivity contribution in [3.8, 4) is 0 Å². The number of aryl methyl sites for hydroxylation is 2. The van der Waals surface area contributed by atoms with Crippen LogP contribution in [0, 0.1) is 13.8 Å². The Labute approximate surface area is 84.1 Å². The van der Waals surface area contributed by atoms with Gasteiger partial charge in [-0.25, -0.2) is 2.95 Å². The lowest BCUT2D eigenvalue weighted by atomic mass is 10.1. The maximum Gasteiger partial charge on any atom is 0.0653 e. The molecule has 0 aromatic heterocycles. The van der Waals surface area contributed by atoms with Crippen molar-refractivity contribution < 1.29 is 0 Å². The highest BCUT2D eigenvalue weighted by Gasteiger charge is 2.04. The van der Waals surface area contributed by atoms with Gasteiger partial charge in [0, 0.05) is 0 Å². The van der Waals surface area contributed by atoms with Crippen molar-refractivity contribution in [1.82, 2.24) is 0 Å². The number of halogens is 2. The summed E-state index contributed by atoms with van der Waals surface area (Å²) in [6.45, 7) is 4.16. The van der Waals surface area contributed by atoms with Crippen molar-refractivity contribution in [2.45, 2.75) is 13.8 Å². The van der Waals surface area contributed by atoms with Crippen LogP contribution in [-0.2, 0) is 0 Å². The molecule has 0 N–H and O–H groups in total. The number of hydrogen-bond donors (Lipinski definition) is 0. The molecule has 0 spiro atoms. The first-order valence-corrected chi connectivity index (χ1v) is 4.72. The Bertz CT molecular complexity index is 238. The summed E-state index contributed by atoms with van der Waals surface area (Å²) >= 11 is 6.67. The molecule has 0 saturated carbocycles. The SMILES string of the molecule is Cc1cccc(C)c1N(Br)Br. The Hall–Kier alpha value is -0.0200. The van der Waals surface area contributed by atoms with Gasteiger partial charge < -0.3 is 0 Å². The second-order valence-electron chi connectivity index (χ2n) is 2.47. The van der Waals surface area contributed by atoms with Crippen molar-refractivity contribution in [1.29, 1.82) is 0 Å². The number of nitrogens with zero attached hydrogens (tertiary/aromatic N) is 1. The fourth-order valence-corrected chi connectivity index (χ4v) is 2.19. The van der Waals surface area contributed by atoms with E-state index in [0.29, 0.717) is 0 Å². The van der Waals surface area contributed by atoms with Crippen LogP contribution in [0.1, 0.15) is 11.1 Å². The van der Waals surface area contributed by atoms with Gasteiger partial charge in [0.25, 0.3) is 0 Å². The van der Waals surface area contributed by atoms with Crippen LogP contribution in [0.2, 0.25) is 0 Å². The van der Waals surface area contributed by atoms with E-state index >= 15 is 0 Å². The van der Waals surface area contributed by atoms with E-state index in [4.69, 9.17) is 0 Å². The zero-order valence-electron chi connectivity index (χ0n) is 6.44. The van der Waals surface area contributed by atoms with E-state index in [-0.39, 0.29) is 0 Å². The number of benzene rings is 1. The first kappa shape index (κ1) is 9.07. The van der Waals surface area contributed by atoms with Crippen molar-refractivity contribution in [2.75, 3.05) is 2.95 Å². The maximum absolute atomic E-state index is 3.33. The quantitative estimate of drug-likeness (QED) is 0.708. The lowest BCUT2D eigenvalue weighted by molar-refractivity contribution is 1.37. The molecule has 0 aliphatic heterocycles. The summed E-state index contributed by atoms with van der Waals surface area (Å²) in [5, 5.41) is 0. The smallest absolute Gasteiger partial charge is 0.0653 e. The number of anilines is 1. The van der Waals surface area contributed by atoms with Crippen LogP contribution >= 0.6 is 32.3 Å². The summed E-state index contributed by atoms with van der Waals surface area (Å²) in [7, 11) is 0. The third-order valence-corrected chi connectivity index (χ3v) is 2.32. The van der Waals surface area contributed by atoms with E-state index < -0.39 is 0 Å². The van der Waals surface area contributed by atoms with Gasteiger partial charge in [-0.05, 0) is 25.0 Å². The summed E-state index contributed by atoms with van der Waals surface area (Å²) < 4.78 is 1.78. The molecule has 0 unspecified atom stereocenters. The standard InChI is InChI=1S/C8H9Br2N/c1-6-4-3-5-7(2)8(6)11(9)10/h3-5H,1-2H3. The number of rotatable bonds is 1. The van der Waals surface area contributed by atoms with Gasteiger partial charge in [-0.1, -0.05) is 18.2 Å². The molecule has 3 heteroatoms. The van der Waals surface area contributed by atoms with Crippen LogP contribution in [0.5, 0.6) is 0 Å². The fraction of sp³-hybridized carbons (Fsp3) is 0.250. The highest BCUT2D eigenvalue weighted by molar-refractivity contribution is 9.25. The molecule has 0 atom stereocenters. The van der Waals surface area contributed by atoms with E-state index in [1.165, 1.54) is 16.8 Å². The van der Waals surface area contributed by atoms with Crippen LogP contribution < -0.4 is 2.95 Å². The van der Waals surface area contributed by atoms with Crippen LogP contribution in [0.3, 0.4) is 0 Å². The second-order valence-corrected chi connectivity index (χ2v) is 4.84. The Morgan fingerprint density at radius 1 is 1.09 bits per heavy atom. The molecule has 11 heavy (non-hydrogen) atoms. The Kier molecular flexibility index (Phi) is 2.96. The van der Waals surface area contributed by atoms with E-state index in [9.17, 15) is 0 Å². The van der Waals surface area contributed by atoms with E-state index in [1.54, 1.807) is 2.95 Å². The van der Waals surface area contributed by atoms with Crippen molar-refractivity contribution in [2.24, 2.45) is 0 Å². The first-order valence-electron chi connectivity index (χ1n) is 3.31. The largest absolute Gasteiger partial charge is 0.242 e. The van der Waals surface area contributed by atoms with E-state index in [1.807, 2.05) is 0 Å². The zero-order chi connectivity index (χ0) is 8.43. The molecular weight excluding hydrogens is 270 g/mol. The summed E-state index contributed by atoms with van der Waals surface area (Å²) in [6, 6.07) is 6.22. The van der Waals surface area contributed by atoms with E-state index in [2.05, 4.69) is 64.3 Å². The first-order chi connectivity index (χ1) is 5.13. The molecule has 60 valence electrons. The molecule has 0 fully saturated rings. The zero-order valence-corrected chi connectivity index (χ0v) is 9.61. The average Bonchev–Trinajstić information content (AvgIpc) is 1.85. The minimum absolute atomic E-state index is 1.17. The summed E-state index contributed by atoms with van der Waals surface area (Å²) in [4.78, 5) is 0. The minimum Gasteiger partial charge on any atom is -0.242 e. The fourth-order valence-electron chi connectivity index (χ4n) is 1.07. The molecule has 1 nitrogen and oxygen atoms in total. The monoisotopic (exact) mass is 277 g/mol. The van der Waals surface area contributed by atoms with Crippen molar-refractivity contribution in [3.05, 3.63) is 29.3 Å². The van der Waals surface area contributed by atoms with E-state index in [0.717, 1.165) is 0 Å². The highest BCUT2D eigenvalue weighted by atomic mass is 79.9. The molecule has 1 rings (SSSR count). The Morgan fingerprint density at radius 3 is 1.82 bits per heavy atom. The van der Waals surface area contributed by atoms with Gasteiger partial charge in [-0.2, -0.15) is 0 Å². The number of para-hydroxylation sites is 1. The maximum atomic E-state index is 3.33. The molecule has 0 aliphatic carbocycles. The molecule has 0 radical (unpaired) electrons. The van der Waals surface area contributed by atoms with Crippen LogP contribution in [0.25, 0.3) is 0 Å². The lowest BCUT2D eigenvalue weighted by Gasteiger charge is -2.12. The average molecular weight is 279 g/mol. The van der Waals surface area contributed by atoms with Crippen LogP contribution in [0.15, 0.2) is 18.2 Å². The van der Waals surface area contributed by atoms with Gasteiger partial charge in [0.05, 0.1) is 38.0 Å². The predicted molar refractivity (Wildman–Crippen MR) is 56.2 cm³/mol. The normalized spacial score (nSPS) is 9.82. The molecule has 0 bridgehead atoms. The minimum atomic E-state index is 1.17. The molecule has 1 aromatic rings. The van der Waals surface area contributed by atoms with Crippen LogP contribution in [-0.4, -0.2) is 0 Å². The van der Waals surface area contributed by atoms with Crippen molar-refractivity contribution >= 4 is 38.0 Å². The molecule has 0 amide bonds. The Balaban J connectivity index is 3.21. The predicted octanol–water partition coefficient (Wildman–Crippen LogP) is 3.73. The van der Waals surface area contributed by atoms with Gasteiger partial charge in [0.2, 0.25) is 0 Å². The highest BCUT2D eigenvalue weighted by Crippen LogP contribution is 2.29. The topological polar surface area (TPSA) is 3.24 Å². The van der Waals surface area contributed by atoms with Gasteiger partial charge in [-0.15, -0.1) is 0 Å². The molecule has 1 aromatic carbocycles. The third kappa shape index (κ3) is 1.97. The molecule has 0 saturated heterocycles. The van der Waals surface area contributed by atoms with Gasteiger partial charge in [0.15, 0.2) is 0 Å². The van der Waals surface area contributed by atoms with Gasteiger partial charge >= 0.3 is 0 Å². The van der Waals surface area contributed by atoms with Gasteiger partial charge in [0.1, 0.15) is 0 Å². The van der Waals surface area contributed by atoms with Crippen molar-refractivity contribution in [3.63, 3.8) is 0 Å². The Morgan fingerprint density at radius 2 is 1.55 bits per heavy atom. The summed E-state index contributed by atoms with van der Waals surface area (Å²) in [5.74, 6) is 0. The number of hydrogen-bond acceptors (Lipinski definition) is 1. The molecular formula is C8H9Br2N. The lowest BCUT2D eigenvalue weighted by Crippen LogP contribution is -1.95. The molecule has 0 aliphatic rings. The summed E-state index contributed by atoms with van der Waals surface area (Å²) in [5.41, 5.74) is 3.67. The van der Waals surface area contributed by atoms with Gasteiger partial charge in [-0.3, -0.25) is 0 Å². The summed E-state index contributed by atoms with van der Waals surface area (Å²) in [6.07, 6.45) is 0. The van der Waals surface area contributed by atoms with Crippen LogP contribution in [0.4, 0.5) is 5.69 Å². The molecule has 0 heterocycles. The second kappa shape index (κ2) is 3.59. The third-order valence-electron chi connectivity index (χ3n) is 1.61.